The van der Waals surface area contributed by atoms with Crippen molar-refractivity contribution in [3.05, 3.63) is 47.8 Å². The maximum atomic E-state index is 12.5. The Hall–Kier alpha value is -2.47. The number of pyridine rings is 1. The maximum absolute atomic E-state index is 12.5. The molecular formula is C21H22N2O3S. The number of nitrogens with zero attached hydrogens (tertiary/aromatic N) is 1. The summed E-state index contributed by atoms with van der Waals surface area (Å²) in [7, 11) is -3.33. The SMILES string of the molecule is CC(C)c1cc(-c2cnc3[nH]cc(C(=O)C4CC4)c3c2)cc(S(C)(=O)=O)c1. The molecule has 1 fully saturated rings. The summed E-state index contributed by atoms with van der Waals surface area (Å²) < 4.78 is 24.2. The lowest BCUT2D eigenvalue weighted by molar-refractivity contribution is 0.0969. The Morgan fingerprint density at radius 2 is 1.89 bits per heavy atom. The van der Waals surface area contributed by atoms with Gasteiger partial charge in [0.1, 0.15) is 5.65 Å². The highest BCUT2D eigenvalue weighted by Crippen LogP contribution is 2.35. The normalized spacial score (nSPS) is 14.8. The first-order valence-electron chi connectivity index (χ1n) is 9.11. The average Bonchev–Trinajstić information content (AvgIpc) is 3.39. The molecule has 1 aliphatic carbocycles. The van der Waals surface area contributed by atoms with E-state index in [0.29, 0.717) is 16.1 Å². The summed E-state index contributed by atoms with van der Waals surface area (Å²) in [5, 5.41) is 0.792. The first kappa shape index (κ1) is 17.9. The van der Waals surface area contributed by atoms with Crippen molar-refractivity contribution in [2.75, 3.05) is 6.26 Å². The molecule has 3 aromatic rings. The predicted molar refractivity (Wildman–Crippen MR) is 106 cm³/mol. The summed E-state index contributed by atoms with van der Waals surface area (Å²) in [6.07, 6.45) is 6.57. The molecule has 0 amide bonds. The highest BCUT2D eigenvalue weighted by molar-refractivity contribution is 7.90. The number of hydrogen-bond donors (Lipinski definition) is 1. The standard InChI is InChI=1S/C21H22N2O3S/c1-12(2)14-6-15(8-17(7-14)27(3,25)26)16-9-18-19(20(24)13-4-5-13)11-23-21(18)22-10-16/h6-13H,4-5H2,1-3H3,(H,22,23). The lowest BCUT2D eigenvalue weighted by atomic mass is 9.97. The molecule has 0 bridgehead atoms. The minimum Gasteiger partial charge on any atom is -0.345 e. The highest BCUT2D eigenvalue weighted by atomic mass is 32.2. The van der Waals surface area contributed by atoms with Crippen molar-refractivity contribution < 1.29 is 13.2 Å². The Morgan fingerprint density at radius 1 is 1.15 bits per heavy atom. The Labute approximate surface area is 158 Å². The Bertz CT molecular complexity index is 1160. The summed E-state index contributed by atoms with van der Waals surface area (Å²) >= 11 is 0. The molecule has 27 heavy (non-hydrogen) atoms. The van der Waals surface area contributed by atoms with E-state index in [0.717, 1.165) is 34.9 Å². The zero-order valence-corrected chi connectivity index (χ0v) is 16.4. The van der Waals surface area contributed by atoms with Crippen LogP contribution in [0.1, 0.15) is 48.5 Å². The van der Waals surface area contributed by atoms with E-state index in [1.165, 1.54) is 6.26 Å². The molecule has 0 aliphatic heterocycles. The van der Waals surface area contributed by atoms with Crippen LogP contribution in [0.4, 0.5) is 0 Å². The molecule has 0 radical (unpaired) electrons. The van der Waals surface area contributed by atoms with Crippen molar-refractivity contribution in [3.8, 4) is 11.1 Å². The molecule has 6 heteroatoms. The molecule has 1 N–H and O–H groups in total. The molecule has 5 nitrogen and oxygen atoms in total. The van der Waals surface area contributed by atoms with Crippen LogP contribution in [0.5, 0.6) is 0 Å². The molecule has 4 rings (SSSR count). The third-order valence-corrected chi connectivity index (χ3v) is 6.19. The molecule has 2 heterocycles. The van der Waals surface area contributed by atoms with Crippen molar-refractivity contribution in [2.45, 2.75) is 37.5 Å². The minimum absolute atomic E-state index is 0.133. The summed E-state index contributed by atoms with van der Waals surface area (Å²) in [6, 6.07) is 7.34. The topological polar surface area (TPSA) is 79.9 Å². The molecule has 1 aromatic carbocycles. The summed E-state index contributed by atoms with van der Waals surface area (Å²) in [5.41, 5.74) is 3.90. The first-order valence-corrected chi connectivity index (χ1v) is 11.0. The third-order valence-electron chi connectivity index (χ3n) is 5.10. The van der Waals surface area contributed by atoms with Crippen molar-refractivity contribution in [3.63, 3.8) is 0 Å². The van der Waals surface area contributed by atoms with Crippen LogP contribution in [-0.2, 0) is 9.84 Å². The van der Waals surface area contributed by atoms with Gasteiger partial charge in [0.25, 0.3) is 0 Å². The fraction of sp³-hybridized carbons (Fsp3) is 0.333. The van der Waals surface area contributed by atoms with Crippen molar-refractivity contribution >= 4 is 26.7 Å². The minimum atomic E-state index is -3.33. The largest absolute Gasteiger partial charge is 0.345 e. The number of carbonyl (C=O) groups is 1. The molecule has 0 spiro atoms. The number of H-pyrrole nitrogens is 1. The Morgan fingerprint density at radius 3 is 2.52 bits per heavy atom. The molecular weight excluding hydrogens is 360 g/mol. The van der Waals surface area contributed by atoms with E-state index in [1.54, 1.807) is 24.5 Å². The fourth-order valence-corrected chi connectivity index (χ4v) is 3.96. The molecule has 2 aromatic heterocycles. The zero-order valence-electron chi connectivity index (χ0n) is 15.6. The molecule has 1 aliphatic rings. The molecule has 1 saturated carbocycles. The molecule has 0 unspecified atom stereocenters. The van der Waals surface area contributed by atoms with Crippen molar-refractivity contribution in [2.24, 2.45) is 5.92 Å². The summed E-state index contributed by atoms with van der Waals surface area (Å²) in [4.78, 5) is 20.3. The number of ketones is 1. The number of rotatable bonds is 5. The second-order valence-electron chi connectivity index (χ2n) is 7.68. The quantitative estimate of drug-likeness (QED) is 0.665. The van der Waals surface area contributed by atoms with Gasteiger partial charge in [-0.25, -0.2) is 13.4 Å². The van der Waals surface area contributed by atoms with Gasteiger partial charge in [-0.2, -0.15) is 0 Å². The van der Waals surface area contributed by atoms with Crippen LogP contribution >= 0.6 is 0 Å². The highest BCUT2D eigenvalue weighted by Gasteiger charge is 2.32. The number of benzene rings is 1. The van der Waals surface area contributed by atoms with Gasteiger partial charge in [0, 0.05) is 41.1 Å². The van der Waals surface area contributed by atoms with E-state index in [4.69, 9.17) is 0 Å². The zero-order chi connectivity index (χ0) is 19.3. The van der Waals surface area contributed by atoms with Crippen molar-refractivity contribution in [1.29, 1.82) is 0 Å². The third kappa shape index (κ3) is 3.41. The van der Waals surface area contributed by atoms with E-state index in [1.807, 2.05) is 26.0 Å². The van der Waals surface area contributed by atoms with Gasteiger partial charge in [0.05, 0.1) is 4.90 Å². The number of hydrogen-bond acceptors (Lipinski definition) is 4. The molecule has 0 atom stereocenters. The van der Waals surface area contributed by atoms with E-state index < -0.39 is 9.84 Å². The van der Waals surface area contributed by atoms with E-state index >= 15 is 0 Å². The van der Waals surface area contributed by atoms with Gasteiger partial charge in [-0.05, 0) is 48.1 Å². The van der Waals surface area contributed by atoms with Crippen LogP contribution in [0.15, 0.2) is 41.6 Å². The van der Waals surface area contributed by atoms with Crippen LogP contribution in [0.25, 0.3) is 22.2 Å². The first-order chi connectivity index (χ1) is 12.7. The average molecular weight is 382 g/mol. The number of sulfone groups is 1. The second kappa shape index (κ2) is 6.30. The number of carbonyl (C=O) groups excluding carboxylic acids is 1. The van der Waals surface area contributed by atoms with Crippen LogP contribution in [0.3, 0.4) is 0 Å². The van der Waals surface area contributed by atoms with Gasteiger partial charge in [0.15, 0.2) is 15.6 Å². The Balaban J connectivity index is 1.87. The van der Waals surface area contributed by atoms with E-state index in [-0.39, 0.29) is 17.6 Å². The van der Waals surface area contributed by atoms with Crippen LogP contribution in [-0.4, -0.2) is 30.4 Å². The van der Waals surface area contributed by atoms with E-state index in [9.17, 15) is 13.2 Å². The van der Waals surface area contributed by atoms with Crippen molar-refractivity contribution in [1.82, 2.24) is 9.97 Å². The summed E-state index contributed by atoms with van der Waals surface area (Å²) in [5.74, 6) is 0.489. The lowest BCUT2D eigenvalue weighted by Crippen LogP contribution is -2.01. The number of aromatic amines is 1. The van der Waals surface area contributed by atoms with Crippen LogP contribution < -0.4 is 0 Å². The maximum Gasteiger partial charge on any atom is 0.175 e. The number of aromatic nitrogens is 2. The smallest absolute Gasteiger partial charge is 0.175 e. The lowest BCUT2D eigenvalue weighted by Gasteiger charge is -2.12. The number of nitrogens with one attached hydrogen (secondary N) is 1. The van der Waals surface area contributed by atoms with Crippen LogP contribution in [0.2, 0.25) is 0 Å². The molecule has 140 valence electrons. The summed E-state index contributed by atoms with van der Waals surface area (Å²) in [6.45, 7) is 4.07. The van der Waals surface area contributed by atoms with Gasteiger partial charge in [-0.3, -0.25) is 4.79 Å². The van der Waals surface area contributed by atoms with Gasteiger partial charge < -0.3 is 4.98 Å². The van der Waals surface area contributed by atoms with Gasteiger partial charge in [-0.1, -0.05) is 19.9 Å². The second-order valence-corrected chi connectivity index (χ2v) is 9.69. The van der Waals surface area contributed by atoms with Gasteiger partial charge in [-0.15, -0.1) is 0 Å². The van der Waals surface area contributed by atoms with Crippen LogP contribution in [0, 0.1) is 5.92 Å². The molecule has 0 saturated heterocycles. The van der Waals surface area contributed by atoms with Gasteiger partial charge >= 0.3 is 0 Å². The predicted octanol–water partition coefficient (Wildman–Crippen LogP) is 4.35. The fourth-order valence-electron chi connectivity index (χ4n) is 3.27. The van der Waals surface area contributed by atoms with E-state index in [2.05, 4.69) is 9.97 Å². The number of Topliss-reactive ketones (excluding diaryl/α,β-unsaturated/α-hetero) is 1. The number of fused-ring (bicyclic) bond motifs is 1. The monoisotopic (exact) mass is 382 g/mol. The Kier molecular flexibility index (Phi) is 4.18. The van der Waals surface area contributed by atoms with Gasteiger partial charge in [0.2, 0.25) is 0 Å².